The van der Waals surface area contributed by atoms with E-state index in [2.05, 4.69) is 27.8 Å². The van der Waals surface area contributed by atoms with Crippen LogP contribution in [-0.2, 0) is 11.6 Å². The minimum Gasteiger partial charge on any atom is -0.467 e. The molecular formula is C10H15B4NO2. The molecule has 3 rings (SSSR count). The summed E-state index contributed by atoms with van der Waals surface area (Å²) in [6.45, 7) is 0. The molecule has 84 valence electrons. The first-order chi connectivity index (χ1) is 7.79. The molecule has 0 saturated carbocycles. The van der Waals surface area contributed by atoms with E-state index in [4.69, 9.17) is 15.2 Å². The normalized spacial score (nSPS) is 26.8. The Bertz CT molecular complexity index is 503. The van der Waals surface area contributed by atoms with Crippen molar-refractivity contribution in [2.75, 3.05) is 0 Å². The van der Waals surface area contributed by atoms with Crippen LogP contribution in [0, 0.1) is 0 Å². The van der Waals surface area contributed by atoms with Gasteiger partial charge in [-0.05, 0) is 34.9 Å². The molecule has 7 heteroatoms. The molecule has 0 saturated heterocycles. The van der Waals surface area contributed by atoms with Gasteiger partial charge in [-0.1, -0.05) is 0 Å². The molecule has 1 atom stereocenters. The van der Waals surface area contributed by atoms with Crippen LogP contribution in [-0.4, -0.2) is 43.0 Å². The average molecular weight is 224 g/mol. The molecule has 1 heterocycles. The van der Waals surface area contributed by atoms with Gasteiger partial charge in [-0.3, -0.25) is 0 Å². The maximum absolute atomic E-state index is 6.19. The standard InChI is InChI=1S/C10H15B4NO2/c11-9(12)5-3-7-6(16-10(13,14)17-7)1-4(5)2-8(9)15/h1,3,8H,2,11-15H2. The number of fused-ring (bicyclic) bond motifs is 2. The molecule has 1 aliphatic carbocycles. The first-order valence-corrected chi connectivity index (χ1v) is 6.11. The zero-order valence-electron chi connectivity index (χ0n) is 10.8. The lowest BCUT2D eigenvalue weighted by molar-refractivity contribution is 0.0833. The van der Waals surface area contributed by atoms with Gasteiger partial charge in [0.25, 0.3) is 0 Å². The Labute approximate surface area is 105 Å². The molecule has 1 unspecified atom stereocenters. The predicted molar refractivity (Wildman–Crippen MR) is 78.0 cm³/mol. The summed E-state index contributed by atoms with van der Waals surface area (Å²) in [6.07, 6.45) is 0.916. The molecule has 1 aromatic rings. The smallest absolute Gasteiger partial charge is 0.197 e. The summed E-state index contributed by atoms with van der Waals surface area (Å²) in [6, 6.07) is 4.37. The minimum absolute atomic E-state index is 0.0143. The number of benzene rings is 1. The Hall–Kier alpha value is -0.960. The van der Waals surface area contributed by atoms with E-state index in [-0.39, 0.29) is 11.3 Å². The first kappa shape index (κ1) is 11.1. The Morgan fingerprint density at radius 3 is 2.35 bits per heavy atom. The van der Waals surface area contributed by atoms with E-state index < -0.39 is 5.59 Å². The van der Waals surface area contributed by atoms with Gasteiger partial charge in [-0.15, -0.1) is 0 Å². The molecule has 1 aliphatic heterocycles. The van der Waals surface area contributed by atoms with E-state index in [1.807, 2.05) is 15.7 Å². The van der Waals surface area contributed by atoms with Crippen LogP contribution in [0.15, 0.2) is 12.1 Å². The summed E-state index contributed by atoms with van der Waals surface area (Å²) in [5.41, 5.74) is 8.23. The van der Waals surface area contributed by atoms with Crippen molar-refractivity contribution in [1.82, 2.24) is 0 Å². The highest BCUT2D eigenvalue weighted by Crippen LogP contribution is 2.44. The second-order valence-electron chi connectivity index (χ2n) is 6.09. The lowest BCUT2D eigenvalue weighted by Crippen LogP contribution is -2.43. The van der Waals surface area contributed by atoms with Crippen molar-refractivity contribution >= 4 is 31.4 Å². The second-order valence-corrected chi connectivity index (χ2v) is 6.09. The number of ether oxygens (including phenoxy) is 2. The van der Waals surface area contributed by atoms with E-state index in [0.29, 0.717) is 0 Å². The fraction of sp³-hybridized carbons (Fsp3) is 0.400. The third kappa shape index (κ3) is 1.52. The summed E-state index contributed by atoms with van der Waals surface area (Å²) in [4.78, 5) is 0. The zero-order chi connectivity index (χ0) is 12.4. The third-order valence-corrected chi connectivity index (χ3v) is 3.94. The molecule has 2 N–H and O–H groups in total. The van der Waals surface area contributed by atoms with Crippen LogP contribution in [0.4, 0.5) is 0 Å². The van der Waals surface area contributed by atoms with Gasteiger partial charge in [-0.25, -0.2) is 0 Å². The molecule has 0 bridgehead atoms. The van der Waals surface area contributed by atoms with E-state index in [0.717, 1.165) is 17.9 Å². The summed E-state index contributed by atoms with van der Waals surface area (Å²) < 4.78 is 11.5. The topological polar surface area (TPSA) is 44.5 Å². The molecule has 0 spiro atoms. The first-order valence-electron chi connectivity index (χ1n) is 6.11. The number of nitrogens with two attached hydrogens (primary N) is 1. The van der Waals surface area contributed by atoms with Crippen molar-refractivity contribution in [3.8, 4) is 11.5 Å². The summed E-state index contributed by atoms with van der Waals surface area (Å²) in [5.74, 6) is 1.69. The molecular weight excluding hydrogens is 209 g/mol. The fourth-order valence-corrected chi connectivity index (χ4v) is 2.77. The lowest BCUT2D eigenvalue weighted by Gasteiger charge is -2.25. The van der Waals surface area contributed by atoms with E-state index >= 15 is 0 Å². The van der Waals surface area contributed by atoms with Crippen LogP contribution in [0.5, 0.6) is 11.5 Å². The molecule has 0 radical (unpaired) electrons. The van der Waals surface area contributed by atoms with Crippen molar-refractivity contribution in [3.63, 3.8) is 0 Å². The van der Waals surface area contributed by atoms with E-state index in [1.165, 1.54) is 11.1 Å². The van der Waals surface area contributed by atoms with Gasteiger partial charge in [0.1, 0.15) is 15.7 Å². The van der Waals surface area contributed by atoms with Crippen LogP contribution in [0.3, 0.4) is 0 Å². The van der Waals surface area contributed by atoms with Crippen molar-refractivity contribution in [1.29, 1.82) is 0 Å². The van der Waals surface area contributed by atoms with E-state index in [1.54, 1.807) is 0 Å². The molecule has 17 heavy (non-hydrogen) atoms. The van der Waals surface area contributed by atoms with Gasteiger partial charge < -0.3 is 15.2 Å². The van der Waals surface area contributed by atoms with Crippen LogP contribution >= 0.6 is 0 Å². The highest BCUT2D eigenvalue weighted by atomic mass is 16.7. The molecule has 0 fully saturated rings. The highest BCUT2D eigenvalue weighted by Gasteiger charge is 2.40. The SMILES string of the molecule is BC1(B)Oc2cc3c(cc2O1)C(B)(B)C(N)C3. The molecule has 0 aromatic heterocycles. The van der Waals surface area contributed by atoms with Gasteiger partial charge in [0.15, 0.2) is 32.8 Å². The molecule has 2 aliphatic rings. The van der Waals surface area contributed by atoms with Crippen LogP contribution < -0.4 is 15.2 Å². The zero-order valence-corrected chi connectivity index (χ0v) is 10.8. The van der Waals surface area contributed by atoms with Crippen molar-refractivity contribution in [2.45, 2.75) is 23.3 Å². The molecule has 3 nitrogen and oxygen atoms in total. The van der Waals surface area contributed by atoms with Gasteiger partial charge >= 0.3 is 0 Å². The predicted octanol–water partition coefficient (Wildman–Crippen LogP) is -3.36. The van der Waals surface area contributed by atoms with E-state index in [9.17, 15) is 0 Å². The highest BCUT2D eigenvalue weighted by molar-refractivity contribution is 6.41. The van der Waals surface area contributed by atoms with Crippen molar-refractivity contribution in [3.05, 3.63) is 23.3 Å². The Morgan fingerprint density at radius 1 is 1.12 bits per heavy atom. The fourth-order valence-electron chi connectivity index (χ4n) is 2.77. The quantitative estimate of drug-likeness (QED) is 0.468. The summed E-state index contributed by atoms with van der Waals surface area (Å²) in [5, 5.41) is 0.0143. The minimum atomic E-state index is -0.552. The van der Waals surface area contributed by atoms with Crippen LogP contribution in [0.2, 0.25) is 0 Å². The molecule has 0 amide bonds. The van der Waals surface area contributed by atoms with Gasteiger partial charge in [0.05, 0.1) is 0 Å². The summed E-state index contributed by atoms with van der Waals surface area (Å²) >= 11 is 0. The Balaban J connectivity index is 2.11. The van der Waals surface area contributed by atoms with Gasteiger partial charge in [-0.2, -0.15) is 0 Å². The van der Waals surface area contributed by atoms with Crippen molar-refractivity contribution in [2.24, 2.45) is 5.73 Å². The van der Waals surface area contributed by atoms with Crippen molar-refractivity contribution < 1.29 is 9.47 Å². The number of hydrogen-bond acceptors (Lipinski definition) is 3. The largest absolute Gasteiger partial charge is 0.467 e. The second kappa shape index (κ2) is 3.08. The van der Waals surface area contributed by atoms with Gasteiger partial charge in [0.2, 0.25) is 0 Å². The Morgan fingerprint density at radius 2 is 1.71 bits per heavy atom. The third-order valence-electron chi connectivity index (χ3n) is 3.94. The van der Waals surface area contributed by atoms with Crippen LogP contribution in [0.1, 0.15) is 11.1 Å². The maximum Gasteiger partial charge on any atom is 0.197 e. The number of rotatable bonds is 0. The Kier molecular flexibility index (Phi) is 2.02. The van der Waals surface area contributed by atoms with Gasteiger partial charge in [0, 0.05) is 6.04 Å². The lowest BCUT2D eigenvalue weighted by atomic mass is 9.50. The molecule has 1 aromatic carbocycles. The summed E-state index contributed by atoms with van der Waals surface area (Å²) in [7, 11) is 8.23. The van der Waals surface area contributed by atoms with Crippen LogP contribution in [0.25, 0.3) is 0 Å². The average Bonchev–Trinajstić information content (AvgIpc) is 2.58. The maximum atomic E-state index is 6.19. The number of hydrogen-bond donors (Lipinski definition) is 1. The monoisotopic (exact) mass is 225 g/mol.